The number of aromatic nitrogens is 1. The number of allylic oxidation sites excluding steroid dienone is 2. The number of benzene rings is 2. The number of carbonyl (C=O) groups is 2. The maximum absolute atomic E-state index is 13.9. The van der Waals surface area contributed by atoms with Crippen LogP contribution in [0.15, 0.2) is 71.9 Å². The second kappa shape index (κ2) is 13.8. The van der Waals surface area contributed by atoms with Crippen LogP contribution in [0.25, 0.3) is 11.6 Å². The molecule has 46 heavy (non-hydrogen) atoms. The van der Waals surface area contributed by atoms with Crippen LogP contribution in [0, 0.1) is 41.7 Å². The van der Waals surface area contributed by atoms with Crippen LogP contribution in [0.1, 0.15) is 61.4 Å². The minimum absolute atomic E-state index is 0.124. The van der Waals surface area contributed by atoms with Gasteiger partial charge in [-0.25, -0.2) is 4.90 Å². The fourth-order valence-electron chi connectivity index (χ4n) is 7.05. The average molecular weight is 626 g/mol. The number of phenols is 1. The molecule has 3 aromatic rings. The Labute approximate surface area is 267 Å². The molecule has 10 heteroatoms. The van der Waals surface area contributed by atoms with E-state index in [1.54, 1.807) is 6.20 Å². The molecular formula is C36H39N3O7. The van der Waals surface area contributed by atoms with E-state index < -0.39 is 47.2 Å². The van der Waals surface area contributed by atoms with E-state index in [9.17, 15) is 35.0 Å². The van der Waals surface area contributed by atoms with Crippen LogP contribution < -0.4 is 4.90 Å². The van der Waals surface area contributed by atoms with E-state index in [0.29, 0.717) is 18.4 Å². The Kier molecular flexibility index (Phi) is 9.79. The predicted molar refractivity (Wildman–Crippen MR) is 175 cm³/mol. The Balaban J connectivity index is 1.46. The quantitative estimate of drug-likeness (QED) is 0.103. The van der Waals surface area contributed by atoms with E-state index in [0.717, 1.165) is 44.9 Å². The minimum atomic E-state index is -0.996. The fraction of sp³-hybridized carbons (Fsp3) is 0.361. The molecule has 3 N–H and O–H groups in total. The number of nitro benzene ring substituents is 1. The highest BCUT2D eigenvalue weighted by molar-refractivity contribution is 6.22. The number of hydrogen-bond donors (Lipinski definition) is 3. The summed E-state index contributed by atoms with van der Waals surface area (Å²) in [7, 11) is 0. The lowest BCUT2D eigenvalue weighted by Crippen LogP contribution is -2.39. The van der Waals surface area contributed by atoms with Crippen LogP contribution in [-0.4, -0.2) is 49.8 Å². The van der Waals surface area contributed by atoms with Crippen molar-refractivity contribution in [1.29, 1.82) is 0 Å². The average Bonchev–Trinajstić information content (AvgIpc) is 3.30. The van der Waals surface area contributed by atoms with Crippen molar-refractivity contribution in [2.45, 2.75) is 59.0 Å². The molecule has 0 radical (unpaired) electrons. The highest BCUT2D eigenvalue weighted by atomic mass is 16.6. The number of amides is 2. The molecule has 1 aliphatic carbocycles. The summed E-state index contributed by atoms with van der Waals surface area (Å²) in [5, 5.41) is 44.1. The molecule has 4 atom stereocenters. The van der Waals surface area contributed by atoms with Crippen molar-refractivity contribution in [3.05, 3.63) is 104 Å². The molecule has 5 rings (SSSR count). The maximum atomic E-state index is 13.9. The van der Waals surface area contributed by atoms with Gasteiger partial charge < -0.3 is 15.3 Å². The molecule has 0 spiro atoms. The van der Waals surface area contributed by atoms with Gasteiger partial charge in [0.15, 0.2) is 0 Å². The third-order valence-corrected chi connectivity index (χ3v) is 9.13. The number of aliphatic hydroxyl groups excluding tert-OH is 2. The summed E-state index contributed by atoms with van der Waals surface area (Å²) in [6, 6.07) is 14.8. The SMILES string of the molecule is CCCC1=C([C@H](O)CC/C(=C/c2cc(C)c(O)c(C)c2)c2ccccn2)[C@H](CO)[C@@H]2C(=O)N(c3cccc([N+](=O)[O-])c3)C(=O)[C@@H]2C1. The van der Waals surface area contributed by atoms with Gasteiger partial charge in [0.05, 0.1) is 40.9 Å². The van der Waals surface area contributed by atoms with E-state index in [4.69, 9.17) is 0 Å². The van der Waals surface area contributed by atoms with Gasteiger partial charge in [0.2, 0.25) is 11.8 Å². The summed E-state index contributed by atoms with van der Waals surface area (Å²) in [6.07, 6.45) is 5.03. The predicted octanol–water partition coefficient (Wildman–Crippen LogP) is 5.91. The van der Waals surface area contributed by atoms with Crippen LogP contribution in [0.4, 0.5) is 11.4 Å². The molecular weight excluding hydrogens is 586 g/mol. The van der Waals surface area contributed by atoms with E-state index in [-0.39, 0.29) is 30.0 Å². The topological polar surface area (TPSA) is 154 Å². The van der Waals surface area contributed by atoms with E-state index in [1.165, 1.54) is 24.3 Å². The normalized spacial score (nSPS) is 20.7. The van der Waals surface area contributed by atoms with Gasteiger partial charge in [-0.2, -0.15) is 0 Å². The first-order valence-corrected chi connectivity index (χ1v) is 15.6. The number of fused-ring (bicyclic) bond motifs is 1. The van der Waals surface area contributed by atoms with Crippen molar-refractivity contribution < 1.29 is 29.8 Å². The summed E-state index contributed by atoms with van der Waals surface area (Å²) < 4.78 is 0. The zero-order valence-electron chi connectivity index (χ0n) is 26.2. The lowest BCUT2D eigenvalue weighted by Gasteiger charge is -2.36. The van der Waals surface area contributed by atoms with Gasteiger partial charge in [0, 0.05) is 24.2 Å². The minimum Gasteiger partial charge on any atom is -0.507 e. The van der Waals surface area contributed by atoms with Crippen molar-refractivity contribution in [3.8, 4) is 5.75 Å². The summed E-state index contributed by atoms with van der Waals surface area (Å²) in [6.45, 7) is 5.24. The number of phenolic OH excluding ortho intramolecular Hbond substituents is 1. The molecule has 0 unspecified atom stereocenters. The van der Waals surface area contributed by atoms with Crippen molar-refractivity contribution in [1.82, 2.24) is 4.98 Å². The van der Waals surface area contributed by atoms with Gasteiger partial charge >= 0.3 is 0 Å². The standard InChI is InChI=1S/C36H39N3O7/c1-4-8-25-18-28-33(36(44)38(35(28)43)26-9-7-10-27(19-26)39(45)46)29(20-40)32(25)31(41)13-12-24(30-11-5-6-14-37-30)17-23-15-21(2)34(42)22(3)16-23/h5-7,9-11,14-17,19,28-29,31,33,40-42H,4,8,12-13,18,20H2,1-3H3/b24-17-/t28-,29+,31-,33-/m1/s1. The number of pyridine rings is 1. The van der Waals surface area contributed by atoms with Crippen LogP contribution in [0.2, 0.25) is 0 Å². The molecule has 2 heterocycles. The van der Waals surface area contributed by atoms with E-state index in [1.807, 2.05) is 57.2 Å². The molecule has 2 amide bonds. The number of anilines is 1. The number of aryl methyl sites for hydroxylation is 2. The molecule has 1 saturated heterocycles. The maximum Gasteiger partial charge on any atom is 0.271 e. The first-order chi connectivity index (χ1) is 22.0. The smallest absolute Gasteiger partial charge is 0.271 e. The molecule has 1 aromatic heterocycles. The number of imide groups is 1. The number of aromatic hydroxyl groups is 1. The lowest BCUT2D eigenvalue weighted by atomic mass is 9.67. The number of carbonyl (C=O) groups excluding carboxylic acids is 2. The van der Waals surface area contributed by atoms with Crippen molar-refractivity contribution >= 4 is 34.8 Å². The van der Waals surface area contributed by atoms with Crippen molar-refractivity contribution in [3.63, 3.8) is 0 Å². The molecule has 1 fully saturated rings. The number of aliphatic hydroxyl groups is 2. The van der Waals surface area contributed by atoms with Crippen LogP contribution in [0.5, 0.6) is 5.75 Å². The number of hydrogen-bond acceptors (Lipinski definition) is 8. The third kappa shape index (κ3) is 6.36. The van der Waals surface area contributed by atoms with Crippen molar-refractivity contribution in [2.75, 3.05) is 11.5 Å². The van der Waals surface area contributed by atoms with Crippen LogP contribution >= 0.6 is 0 Å². The van der Waals surface area contributed by atoms with E-state index >= 15 is 0 Å². The molecule has 0 bridgehead atoms. The summed E-state index contributed by atoms with van der Waals surface area (Å²) >= 11 is 0. The van der Waals surface area contributed by atoms with E-state index in [2.05, 4.69) is 4.98 Å². The fourth-order valence-corrected chi connectivity index (χ4v) is 7.05. The number of rotatable bonds is 11. The Morgan fingerprint density at radius 2 is 1.85 bits per heavy atom. The van der Waals surface area contributed by atoms with Gasteiger partial charge in [-0.1, -0.05) is 31.1 Å². The molecule has 2 aromatic carbocycles. The molecule has 2 aliphatic rings. The zero-order chi connectivity index (χ0) is 33.1. The Morgan fingerprint density at radius 1 is 1.11 bits per heavy atom. The summed E-state index contributed by atoms with van der Waals surface area (Å²) in [5.41, 5.74) is 5.36. The highest BCUT2D eigenvalue weighted by Crippen LogP contribution is 2.48. The van der Waals surface area contributed by atoms with Gasteiger partial charge in [0.1, 0.15) is 5.75 Å². The van der Waals surface area contributed by atoms with Gasteiger partial charge in [0.25, 0.3) is 5.69 Å². The van der Waals surface area contributed by atoms with Gasteiger partial charge in [-0.15, -0.1) is 0 Å². The summed E-state index contributed by atoms with van der Waals surface area (Å²) in [4.78, 5) is 43.9. The molecule has 240 valence electrons. The Bertz CT molecular complexity index is 1690. The number of non-ortho nitro benzene ring substituents is 1. The Morgan fingerprint density at radius 3 is 2.48 bits per heavy atom. The molecule has 0 saturated carbocycles. The number of nitro groups is 1. The third-order valence-electron chi connectivity index (χ3n) is 9.13. The summed E-state index contributed by atoms with van der Waals surface area (Å²) in [5.74, 6) is -3.13. The Hall–Kier alpha value is -4.67. The molecule has 10 nitrogen and oxygen atoms in total. The lowest BCUT2D eigenvalue weighted by molar-refractivity contribution is -0.384. The van der Waals surface area contributed by atoms with Crippen LogP contribution in [0.3, 0.4) is 0 Å². The highest BCUT2D eigenvalue weighted by Gasteiger charge is 2.55. The first kappa shape index (κ1) is 32.7. The second-order valence-corrected chi connectivity index (χ2v) is 12.2. The van der Waals surface area contributed by atoms with Crippen LogP contribution in [-0.2, 0) is 9.59 Å². The first-order valence-electron chi connectivity index (χ1n) is 15.6. The molecule has 1 aliphatic heterocycles. The van der Waals surface area contributed by atoms with Gasteiger partial charge in [-0.3, -0.25) is 24.7 Å². The van der Waals surface area contributed by atoms with Gasteiger partial charge in [-0.05, 0) is 104 Å². The number of nitrogens with zero attached hydrogens (tertiary/aromatic N) is 3. The zero-order valence-corrected chi connectivity index (χ0v) is 26.2. The largest absolute Gasteiger partial charge is 0.507 e. The second-order valence-electron chi connectivity index (χ2n) is 12.2. The monoisotopic (exact) mass is 625 g/mol. The van der Waals surface area contributed by atoms with Crippen molar-refractivity contribution in [2.24, 2.45) is 17.8 Å².